The summed E-state index contributed by atoms with van der Waals surface area (Å²) in [6, 6.07) is 0. The van der Waals surface area contributed by atoms with Crippen LogP contribution in [0, 0.1) is 0 Å². The number of carbonyl (C=O) groups is 6. The molecule has 436 valence electrons. The van der Waals surface area contributed by atoms with E-state index in [0.29, 0.717) is 38.8 Å². The molecule has 0 amide bonds. The maximum Gasteiger partial charge on any atom is 0.148 e. The van der Waals surface area contributed by atoms with Gasteiger partial charge in [0.1, 0.15) is 42.8 Å². The number of hydrogen-bond donors (Lipinski definition) is 8. The fraction of sp³-hybridized carbons (Fsp3) is 0.855. The number of allylic oxidation sites excluding steroid dienone is 1. The molecule has 0 spiro atoms. The molecule has 0 saturated heterocycles. The van der Waals surface area contributed by atoms with Gasteiger partial charge in [0, 0.05) is 57.4 Å². The summed E-state index contributed by atoms with van der Waals surface area (Å²) in [5.41, 5.74) is 1.17. The lowest BCUT2D eigenvalue weighted by molar-refractivity contribution is -0.117. The molecule has 0 aliphatic rings. The molecule has 0 heterocycles. The Balaban J connectivity index is -0.0000000251. The molecular formula is C55H132O14. The number of aldehydes is 4. The molecule has 0 aliphatic carbocycles. The lowest BCUT2D eigenvalue weighted by Crippen LogP contribution is -1.97. The van der Waals surface area contributed by atoms with Crippen molar-refractivity contribution in [3.63, 3.8) is 0 Å². The maximum absolute atomic E-state index is 9.81. The zero-order valence-corrected chi connectivity index (χ0v) is 50.3. The standard InChI is InChI=1S/C4H10O.C4H8O.C4H10O.C4H8O.C4H8.C4H10.C3H6O2.3C3H8O.C3H6O.C3H8O.C3H6O.C3H8.C2H6O.C2H4O.C2H6.CH4/c2*1-3-4(2)5;2*1-2-3-4-5;1-4(2)3;1-3-4-2;1-3(5)2-4;4*1-3(2)4;2*1-2-3-4;1-3-2;2*1-2-3;1-2;/h4-5H,3H2,1-2H3;3H2,1-2H3;5H,2-4H2,1H3;4H,2-3H2,1H3;1H2,2-3H3;3-4H2,1-2H3;2-3,5H,1H3;3*3-4H,1-2H3;1-2H3;4H,2-3H2,1H3;3H,2H2,1H3;3H2,1-2H3;3H,2H2,1H3;2H,1H3;1-2H3;1H4. The van der Waals surface area contributed by atoms with E-state index >= 15 is 0 Å². The summed E-state index contributed by atoms with van der Waals surface area (Å²) in [5, 5.41) is 64.0. The normalized spacial score (nSPS) is 8.14. The van der Waals surface area contributed by atoms with Crippen molar-refractivity contribution >= 4 is 36.7 Å². The van der Waals surface area contributed by atoms with E-state index < -0.39 is 6.10 Å². The van der Waals surface area contributed by atoms with Gasteiger partial charge in [-0.2, -0.15) is 0 Å². The number of aliphatic hydroxyl groups excluding tert-OH is 8. The van der Waals surface area contributed by atoms with Crippen LogP contribution in [0.25, 0.3) is 0 Å². The zero-order valence-electron chi connectivity index (χ0n) is 50.3. The number of carbonyl (C=O) groups excluding carboxylic acids is 6. The number of unbranched alkanes of at least 4 members (excludes halogenated alkanes) is 3. The molecule has 0 aliphatic heterocycles. The van der Waals surface area contributed by atoms with Gasteiger partial charge >= 0.3 is 0 Å². The van der Waals surface area contributed by atoms with E-state index in [-0.39, 0.29) is 50.0 Å². The van der Waals surface area contributed by atoms with E-state index in [1.807, 2.05) is 62.3 Å². The fourth-order valence-electron chi connectivity index (χ4n) is 0.276. The lowest BCUT2D eigenvalue weighted by Gasteiger charge is -1.90. The van der Waals surface area contributed by atoms with Gasteiger partial charge in [-0.05, 0) is 130 Å². The largest absolute Gasteiger partial charge is 0.397 e. The summed E-state index contributed by atoms with van der Waals surface area (Å²) in [6.45, 7) is 53.9. The van der Waals surface area contributed by atoms with Crippen molar-refractivity contribution in [3.05, 3.63) is 12.2 Å². The molecule has 0 rings (SSSR count). The molecule has 2 unspecified atom stereocenters. The number of Topliss-reactive ketones (excluding diaryl/α,β-unsaturated/α-hetero) is 2. The third-order valence-electron chi connectivity index (χ3n) is 3.09. The fourth-order valence-corrected chi connectivity index (χ4v) is 0.276. The third kappa shape index (κ3) is 2420. The van der Waals surface area contributed by atoms with Crippen molar-refractivity contribution in [1.29, 1.82) is 0 Å². The summed E-state index contributed by atoms with van der Waals surface area (Å²) in [5.74, 6) is 0.421. The van der Waals surface area contributed by atoms with Gasteiger partial charge in [0.2, 0.25) is 0 Å². The van der Waals surface area contributed by atoms with Crippen molar-refractivity contribution < 1.29 is 69.6 Å². The average molecular weight is 1020 g/mol. The van der Waals surface area contributed by atoms with Gasteiger partial charge in [0.15, 0.2) is 0 Å². The van der Waals surface area contributed by atoms with Crippen molar-refractivity contribution in [2.24, 2.45) is 0 Å². The SMILES string of the molecule is C.C=C(C)C.CC.CC(C)=O.CC(C)O.CC(C)O.CC(C)O.CC(O)C=O.CC=O.CCC.CCC(C)=O.CCC(C)O.CCC=O.CCCC.CCCC=O.CCCCO.CCCO.CCO. The minimum absolute atomic E-state index is 0. The Hall–Kier alpha value is -2.56. The van der Waals surface area contributed by atoms with Crippen LogP contribution in [-0.4, -0.2) is 128 Å². The smallest absolute Gasteiger partial charge is 0.148 e. The lowest BCUT2D eigenvalue weighted by atomic mass is 10.3. The molecule has 14 heteroatoms. The number of aliphatic hydroxyl groups is 8. The second-order valence-corrected chi connectivity index (χ2v) is 14.2. The second-order valence-electron chi connectivity index (χ2n) is 14.2. The van der Waals surface area contributed by atoms with Crippen molar-refractivity contribution in [2.45, 2.75) is 296 Å². The molecule has 69 heavy (non-hydrogen) atoms. The first kappa shape index (κ1) is 121. The van der Waals surface area contributed by atoms with Crippen LogP contribution in [0.15, 0.2) is 12.2 Å². The monoisotopic (exact) mass is 1020 g/mol. The Morgan fingerprint density at radius 3 is 0.710 bits per heavy atom. The Morgan fingerprint density at radius 1 is 0.536 bits per heavy atom. The summed E-state index contributed by atoms with van der Waals surface area (Å²) >= 11 is 0. The Bertz CT molecular complexity index is 660. The van der Waals surface area contributed by atoms with Gasteiger partial charge in [-0.1, -0.05) is 122 Å². The average Bonchev–Trinajstić information content (AvgIpc) is 3.23. The molecule has 0 fully saturated rings. The second kappa shape index (κ2) is 175. The zero-order chi connectivity index (χ0) is 59.3. The highest BCUT2D eigenvalue weighted by Crippen LogP contribution is 1.82. The van der Waals surface area contributed by atoms with Crippen LogP contribution in [0.4, 0.5) is 0 Å². The highest BCUT2D eigenvalue weighted by molar-refractivity contribution is 5.74. The Kier molecular flexibility index (Phi) is 307. The van der Waals surface area contributed by atoms with Gasteiger partial charge in [-0.15, -0.1) is 6.58 Å². The van der Waals surface area contributed by atoms with E-state index in [0.717, 1.165) is 51.0 Å². The van der Waals surface area contributed by atoms with Crippen molar-refractivity contribution in [1.82, 2.24) is 0 Å². The predicted octanol–water partition coefficient (Wildman–Crippen LogP) is 12.5. The molecular weight excluding hydrogens is 885 g/mol. The van der Waals surface area contributed by atoms with E-state index in [9.17, 15) is 24.0 Å². The molecule has 0 aromatic carbocycles. The first-order valence-corrected chi connectivity index (χ1v) is 24.8. The van der Waals surface area contributed by atoms with Crippen LogP contribution < -0.4 is 0 Å². The summed E-state index contributed by atoms with van der Waals surface area (Å²) in [7, 11) is 0. The molecule has 8 N–H and O–H groups in total. The van der Waals surface area contributed by atoms with Crippen molar-refractivity contribution in [2.75, 3.05) is 19.8 Å². The van der Waals surface area contributed by atoms with E-state index in [1.54, 1.807) is 62.3 Å². The van der Waals surface area contributed by atoms with Crippen LogP contribution in [-0.2, 0) is 28.8 Å². The summed E-state index contributed by atoms with van der Waals surface area (Å²) < 4.78 is 0. The topological polar surface area (TPSA) is 264 Å². The molecule has 0 aromatic rings. The van der Waals surface area contributed by atoms with Gasteiger partial charge in [-0.25, -0.2) is 0 Å². The first-order valence-electron chi connectivity index (χ1n) is 24.8. The minimum Gasteiger partial charge on any atom is -0.397 e. The van der Waals surface area contributed by atoms with Gasteiger partial charge in [0.25, 0.3) is 0 Å². The van der Waals surface area contributed by atoms with Gasteiger partial charge in [-0.3, -0.25) is 0 Å². The molecule has 0 radical (unpaired) electrons. The quantitative estimate of drug-likeness (QED) is 0.0747. The molecule has 0 aromatic heterocycles. The van der Waals surface area contributed by atoms with E-state index in [1.165, 1.54) is 52.5 Å². The van der Waals surface area contributed by atoms with E-state index in [2.05, 4.69) is 41.2 Å². The van der Waals surface area contributed by atoms with Crippen LogP contribution in [0.5, 0.6) is 0 Å². The molecule has 14 nitrogen and oxygen atoms in total. The van der Waals surface area contributed by atoms with Crippen molar-refractivity contribution in [3.8, 4) is 0 Å². The Morgan fingerprint density at radius 2 is 0.710 bits per heavy atom. The Labute approximate surface area is 432 Å². The highest BCUT2D eigenvalue weighted by atomic mass is 16.3. The molecule has 0 bridgehead atoms. The van der Waals surface area contributed by atoms with Gasteiger partial charge in [0.05, 0.1) is 6.10 Å². The number of hydrogen-bond acceptors (Lipinski definition) is 14. The highest BCUT2D eigenvalue weighted by Gasteiger charge is 1.82. The minimum atomic E-state index is -0.796. The summed E-state index contributed by atoms with van der Waals surface area (Å²) in [6.07, 6.45) is 12.3. The first-order chi connectivity index (χ1) is 31.3. The molecule has 0 saturated carbocycles. The number of rotatable bonds is 10. The third-order valence-corrected chi connectivity index (χ3v) is 3.09. The van der Waals surface area contributed by atoms with Crippen LogP contribution in [0.3, 0.4) is 0 Å². The number of ketones is 2. The van der Waals surface area contributed by atoms with Crippen LogP contribution in [0.2, 0.25) is 0 Å². The van der Waals surface area contributed by atoms with Crippen LogP contribution in [0.1, 0.15) is 265 Å². The van der Waals surface area contributed by atoms with Gasteiger partial charge < -0.3 is 69.6 Å². The summed E-state index contributed by atoms with van der Waals surface area (Å²) in [4.78, 5) is 55.9. The predicted molar refractivity (Wildman–Crippen MR) is 305 cm³/mol. The van der Waals surface area contributed by atoms with Crippen LogP contribution >= 0.6 is 0 Å². The molecule has 2 atom stereocenters. The maximum atomic E-state index is 9.81. The van der Waals surface area contributed by atoms with E-state index in [4.69, 9.17) is 45.6 Å².